The lowest BCUT2D eigenvalue weighted by Gasteiger charge is -2.12. The standard InChI is InChI=1S/C24H21N3O2/c1-3-28-18-11-9-16-10-12-23(29-4-2)20(19(16)14-18)13-17(15-25)24-26-21-7-5-6-8-22(21)27-24/h5-14H,3-4H2,1-2H3,(H,26,27)/b17-13-. The molecule has 144 valence electrons. The Bertz CT molecular complexity index is 1210. The van der Waals surface area contributed by atoms with E-state index >= 15 is 0 Å². The molecule has 0 spiro atoms. The van der Waals surface area contributed by atoms with E-state index in [4.69, 9.17) is 9.47 Å². The van der Waals surface area contributed by atoms with Gasteiger partial charge in [0.15, 0.2) is 0 Å². The average molecular weight is 383 g/mol. The Balaban J connectivity index is 1.92. The predicted octanol–water partition coefficient (Wildman–Crippen LogP) is 5.58. The van der Waals surface area contributed by atoms with Gasteiger partial charge in [-0.3, -0.25) is 0 Å². The summed E-state index contributed by atoms with van der Waals surface area (Å²) in [5.41, 5.74) is 3.00. The molecule has 0 unspecified atom stereocenters. The molecule has 0 aliphatic carbocycles. The Labute approximate surface area is 169 Å². The van der Waals surface area contributed by atoms with Gasteiger partial charge in [-0.05, 0) is 61.0 Å². The third-order valence-corrected chi connectivity index (χ3v) is 4.66. The van der Waals surface area contributed by atoms with E-state index in [1.165, 1.54) is 0 Å². The number of allylic oxidation sites excluding steroid dienone is 1. The highest BCUT2D eigenvalue weighted by Crippen LogP contribution is 2.34. The van der Waals surface area contributed by atoms with Crippen molar-refractivity contribution in [2.45, 2.75) is 13.8 Å². The lowest BCUT2D eigenvalue weighted by atomic mass is 10.0. The molecule has 1 aromatic heterocycles. The summed E-state index contributed by atoms with van der Waals surface area (Å²) in [5, 5.41) is 11.9. The first-order chi connectivity index (χ1) is 14.2. The van der Waals surface area contributed by atoms with Crippen LogP contribution in [-0.2, 0) is 0 Å². The number of aromatic amines is 1. The van der Waals surface area contributed by atoms with Crippen LogP contribution in [0.25, 0.3) is 33.5 Å². The molecule has 0 amide bonds. The number of fused-ring (bicyclic) bond motifs is 2. The van der Waals surface area contributed by atoms with Gasteiger partial charge in [-0.2, -0.15) is 5.26 Å². The van der Waals surface area contributed by atoms with Crippen molar-refractivity contribution in [2.75, 3.05) is 13.2 Å². The Morgan fingerprint density at radius 1 is 1.07 bits per heavy atom. The van der Waals surface area contributed by atoms with Crippen LogP contribution in [0.4, 0.5) is 0 Å². The summed E-state index contributed by atoms with van der Waals surface area (Å²) in [6.45, 7) is 5.02. The minimum Gasteiger partial charge on any atom is -0.494 e. The second-order valence-electron chi connectivity index (χ2n) is 6.50. The van der Waals surface area contributed by atoms with Crippen molar-refractivity contribution in [3.8, 4) is 17.6 Å². The average Bonchev–Trinajstić information content (AvgIpc) is 3.17. The van der Waals surface area contributed by atoms with Crippen LogP contribution in [0.1, 0.15) is 25.2 Å². The number of benzene rings is 3. The first-order valence-corrected chi connectivity index (χ1v) is 9.62. The number of nitrogens with zero attached hydrogens (tertiary/aromatic N) is 2. The van der Waals surface area contributed by atoms with E-state index < -0.39 is 0 Å². The molecule has 0 atom stereocenters. The highest BCUT2D eigenvalue weighted by molar-refractivity contribution is 6.00. The first kappa shape index (κ1) is 18.6. The second kappa shape index (κ2) is 8.07. The summed E-state index contributed by atoms with van der Waals surface area (Å²) in [5.74, 6) is 2.04. The van der Waals surface area contributed by atoms with E-state index in [1.54, 1.807) is 0 Å². The summed E-state index contributed by atoms with van der Waals surface area (Å²) < 4.78 is 11.5. The van der Waals surface area contributed by atoms with Crippen LogP contribution >= 0.6 is 0 Å². The summed E-state index contributed by atoms with van der Waals surface area (Å²) >= 11 is 0. The summed E-state index contributed by atoms with van der Waals surface area (Å²) in [7, 11) is 0. The number of ether oxygens (including phenoxy) is 2. The molecule has 5 heteroatoms. The Morgan fingerprint density at radius 3 is 2.62 bits per heavy atom. The van der Waals surface area contributed by atoms with Crippen molar-refractivity contribution in [2.24, 2.45) is 0 Å². The van der Waals surface area contributed by atoms with Crippen LogP contribution in [0.3, 0.4) is 0 Å². The molecule has 5 nitrogen and oxygen atoms in total. The zero-order chi connectivity index (χ0) is 20.2. The number of hydrogen-bond donors (Lipinski definition) is 1. The highest BCUT2D eigenvalue weighted by Gasteiger charge is 2.13. The Morgan fingerprint density at radius 2 is 1.86 bits per heavy atom. The number of rotatable bonds is 6. The van der Waals surface area contributed by atoms with Gasteiger partial charge in [-0.25, -0.2) is 4.98 Å². The maximum Gasteiger partial charge on any atom is 0.149 e. The van der Waals surface area contributed by atoms with Gasteiger partial charge in [-0.1, -0.05) is 24.3 Å². The van der Waals surface area contributed by atoms with Crippen LogP contribution in [0.5, 0.6) is 11.5 Å². The number of H-pyrrole nitrogens is 1. The molecule has 1 N–H and O–H groups in total. The number of nitriles is 1. The number of hydrogen-bond acceptors (Lipinski definition) is 4. The van der Waals surface area contributed by atoms with Crippen molar-refractivity contribution in [1.29, 1.82) is 5.26 Å². The second-order valence-corrected chi connectivity index (χ2v) is 6.50. The van der Waals surface area contributed by atoms with Gasteiger partial charge in [0.2, 0.25) is 0 Å². The fourth-order valence-electron chi connectivity index (χ4n) is 3.37. The minimum absolute atomic E-state index is 0.441. The van der Waals surface area contributed by atoms with E-state index in [0.717, 1.165) is 38.9 Å². The molecular formula is C24H21N3O2. The van der Waals surface area contributed by atoms with E-state index in [9.17, 15) is 5.26 Å². The zero-order valence-electron chi connectivity index (χ0n) is 16.4. The van der Waals surface area contributed by atoms with Gasteiger partial charge in [0.1, 0.15) is 23.4 Å². The predicted molar refractivity (Wildman–Crippen MR) is 116 cm³/mol. The quantitative estimate of drug-likeness (QED) is 0.441. The van der Waals surface area contributed by atoms with Gasteiger partial charge in [0.05, 0.1) is 29.8 Å². The number of nitrogens with one attached hydrogen (secondary N) is 1. The Hall–Kier alpha value is -3.78. The van der Waals surface area contributed by atoms with E-state index in [2.05, 4.69) is 16.0 Å². The van der Waals surface area contributed by atoms with Crippen LogP contribution < -0.4 is 9.47 Å². The molecule has 1 heterocycles. The SMILES string of the molecule is CCOc1ccc2ccc(OCC)c(/C=C(/C#N)c3nc4ccccc4[nH]3)c2c1. The summed E-state index contributed by atoms with van der Waals surface area (Å²) in [6, 6.07) is 19.9. The van der Waals surface area contributed by atoms with E-state index in [-0.39, 0.29) is 0 Å². The maximum absolute atomic E-state index is 9.85. The van der Waals surface area contributed by atoms with Crippen molar-refractivity contribution in [1.82, 2.24) is 9.97 Å². The number of imidazole rings is 1. The highest BCUT2D eigenvalue weighted by atomic mass is 16.5. The zero-order valence-corrected chi connectivity index (χ0v) is 16.4. The molecule has 0 fully saturated rings. The van der Waals surface area contributed by atoms with Crippen molar-refractivity contribution in [3.05, 3.63) is 66.0 Å². The molecule has 29 heavy (non-hydrogen) atoms. The summed E-state index contributed by atoms with van der Waals surface area (Å²) in [6.07, 6.45) is 1.83. The number of para-hydroxylation sites is 2. The van der Waals surface area contributed by atoms with Gasteiger partial charge >= 0.3 is 0 Å². The van der Waals surface area contributed by atoms with Crippen LogP contribution in [0.2, 0.25) is 0 Å². The van der Waals surface area contributed by atoms with Gasteiger partial charge < -0.3 is 14.5 Å². The molecule has 3 aromatic carbocycles. The Kier molecular flexibility index (Phi) is 5.17. The fraction of sp³-hybridized carbons (Fsp3) is 0.167. The van der Waals surface area contributed by atoms with Crippen LogP contribution in [0, 0.1) is 11.3 Å². The van der Waals surface area contributed by atoms with Crippen LogP contribution in [0.15, 0.2) is 54.6 Å². The van der Waals surface area contributed by atoms with E-state index in [0.29, 0.717) is 24.6 Å². The molecule has 0 saturated carbocycles. The lowest BCUT2D eigenvalue weighted by molar-refractivity contribution is 0.339. The van der Waals surface area contributed by atoms with Gasteiger partial charge in [0.25, 0.3) is 0 Å². The third kappa shape index (κ3) is 3.65. The molecule has 0 aliphatic rings. The maximum atomic E-state index is 9.85. The van der Waals surface area contributed by atoms with Crippen molar-refractivity contribution in [3.63, 3.8) is 0 Å². The minimum atomic E-state index is 0.441. The number of aromatic nitrogens is 2. The normalized spacial score (nSPS) is 11.6. The smallest absolute Gasteiger partial charge is 0.149 e. The van der Waals surface area contributed by atoms with Crippen molar-refractivity contribution >= 4 is 33.5 Å². The largest absolute Gasteiger partial charge is 0.494 e. The van der Waals surface area contributed by atoms with Crippen molar-refractivity contribution < 1.29 is 9.47 Å². The molecule has 0 radical (unpaired) electrons. The molecule has 0 aliphatic heterocycles. The van der Waals surface area contributed by atoms with Gasteiger partial charge in [0, 0.05) is 5.56 Å². The van der Waals surface area contributed by atoms with Gasteiger partial charge in [-0.15, -0.1) is 0 Å². The molecular weight excluding hydrogens is 362 g/mol. The fourth-order valence-corrected chi connectivity index (χ4v) is 3.37. The van der Waals surface area contributed by atoms with E-state index in [1.807, 2.05) is 74.5 Å². The molecule has 0 saturated heterocycles. The van der Waals surface area contributed by atoms with Crippen LogP contribution in [-0.4, -0.2) is 23.2 Å². The molecule has 0 bridgehead atoms. The molecule has 4 aromatic rings. The molecule has 4 rings (SSSR count). The lowest BCUT2D eigenvalue weighted by Crippen LogP contribution is -1.96. The first-order valence-electron chi connectivity index (χ1n) is 9.62. The third-order valence-electron chi connectivity index (χ3n) is 4.66. The summed E-state index contributed by atoms with van der Waals surface area (Å²) in [4.78, 5) is 7.80. The monoisotopic (exact) mass is 383 g/mol. The topological polar surface area (TPSA) is 70.9 Å².